The van der Waals surface area contributed by atoms with Crippen LogP contribution in [0.15, 0.2) is 59.8 Å². The Morgan fingerprint density at radius 2 is 1.93 bits per heavy atom. The summed E-state index contributed by atoms with van der Waals surface area (Å²) in [6.45, 7) is 7.52. The van der Waals surface area contributed by atoms with E-state index in [4.69, 9.17) is 14.5 Å². The van der Waals surface area contributed by atoms with E-state index in [0.717, 1.165) is 52.7 Å². The lowest BCUT2D eigenvalue weighted by Crippen LogP contribution is -2.30. The molecule has 10 heteroatoms. The number of benzene rings is 2. The van der Waals surface area contributed by atoms with Crippen molar-refractivity contribution in [1.29, 1.82) is 0 Å². The molecule has 40 heavy (non-hydrogen) atoms. The Balaban J connectivity index is 1.35. The van der Waals surface area contributed by atoms with Crippen molar-refractivity contribution in [1.82, 2.24) is 14.5 Å². The average molecular weight is 579 g/mol. The molecule has 0 fully saturated rings. The van der Waals surface area contributed by atoms with Crippen LogP contribution in [0.2, 0.25) is 0 Å². The minimum atomic E-state index is -0.443. The van der Waals surface area contributed by atoms with E-state index in [9.17, 15) is 9.59 Å². The number of methoxy groups -OCH3 is 1. The second-order valence-corrected chi connectivity index (χ2v) is 12.1. The minimum Gasteiger partial charge on any atom is -0.462 e. The van der Waals surface area contributed by atoms with Crippen molar-refractivity contribution in [3.63, 3.8) is 0 Å². The fourth-order valence-electron chi connectivity index (χ4n) is 4.91. The highest BCUT2D eigenvalue weighted by Gasteiger charge is 2.30. The molecule has 0 saturated heterocycles. The molecule has 210 valence electrons. The third-order valence-electron chi connectivity index (χ3n) is 6.89. The molecule has 0 saturated carbocycles. The number of fused-ring (bicyclic) bond motifs is 2. The molecular formula is C30H34N4O4S2. The molecule has 2 aromatic heterocycles. The fraction of sp³-hybridized carbons (Fsp3) is 0.367. The highest BCUT2D eigenvalue weighted by molar-refractivity contribution is 8.00. The van der Waals surface area contributed by atoms with E-state index >= 15 is 0 Å². The molecule has 3 heterocycles. The molecule has 2 aromatic carbocycles. The van der Waals surface area contributed by atoms with Gasteiger partial charge in [-0.2, -0.15) is 0 Å². The van der Waals surface area contributed by atoms with Crippen LogP contribution >= 0.6 is 23.1 Å². The van der Waals surface area contributed by atoms with Crippen LogP contribution < -0.4 is 5.32 Å². The molecule has 1 N–H and O–H groups in total. The van der Waals surface area contributed by atoms with Gasteiger partial charge in [0.2, 0.25) is 5.91 Å². The van der Waals surface area contributed by atoms with Crippen molar-refractivity contribution in [2.75, 3.05) is 32.2 Å². The van der Waals surface area contributed by atoms with E-state index < -0.39 is 5.25 Å². The van der Waals surface area contributed by atoms with Gasteiger partial charge in [0, 0.05) is 38.2 Å². The monoisotopic (exact) mass is 578 g/mol. The van der Waals surface area contributed by atoms with Crippen LogP contribution in [0.5, 0.6) is 0 Å². The van der Waals surface area contributed by atoms with Crippen molar-refractivity contribution in [2.45, 2.75) is 50.3 Å². The maximum Gasteiger partial charge on any atom is 0.341 e. The van der Waals surface area contributed by atoms with Gasteiger partial charge in [-0.3, -0.25) is 9.69 Å². The predicted octanol–water partition coefficient (Wildman–Crippen LogP) is 5.60. The number of carbonyl (C=O) groups excluding carboxylic acids is 2. The highest BCUT2D eigenvalue weighted by atomic mass is 32.2. The van der Waals surface area contributed by atoms with E-state index in [1.807, 2.05) is 49.4 Å². The summed E-state index contributed by atoms with van der Waals surface area (Å²) >= 11 is 2.88. The van der Waals surface area contributed by atoms with Crippen LogP contribution in [0.4, 0.5) is 5.00 Å². The number of carbonyl (C=O) groups is 2. The normalized spacial score (nSPS) is 14.2. The smallest absolute Gasteiger partial charge is 0.341 e. The second kappa shape index (κ2) is 13.0. The number of imidazole rings is 1. The average Bonchev–Trinajstić information content (AvgIpc) is 3.49. The van der Waals surface area contributed by atoms with Gasteiger partial charge >= 0.3 is 5.97 Å². The first-order chi connectivity index (χ1) is 19.5. The predicted molar refractivity (Wildman–Crippen MR) is 160 cm³/mol. The van der Waals surface area contributed by atoms with Crippen LogP contribution in [0.1, 0.15) is 40.2 Å². The number of para-hydroxylation sites is 2. The van der Waals surface area contributed by atoms with Crippen molar-refractivity contribution >= 4 is 51.0 Å². The number of ether oxygens (including phenoxy) is 2. The zero-order valence-corrected chi connectivity index (χ0v) is 24.6. The Morgan fingerprint density at radius 3 is 2.70 bits per heavy atom. The fourth-order valence-corrected chi connectivity index (χ4v) is 7.14. The quantitative estimate of drug-likeness (QED) is 0.183. The zero-order chi connectivity index (χ0) is 28.1. The number of esters is 1. The van der Waals surface area contributed by atoms with Crippen LogP contribution in [0.25, 0.3) is 11.0 Å². The highest BCUT2D eigenvalue weighted by Crippen LogP contribution is 2.39. The van der Waals surface area contributed by atoms with Gasteiger partial charge < -0.3 is 19.4 Å². The van der Waals surface area contributed by atoms with E-state index in [0.29, 0.717) is 23.7 Å². The topological polar surface area (TPSA) is 85.7 Å². The van der Waals surface area contributed by atoms with E-state index in [1.54, 1.807) is 14.0 Å². The van der Waals surface area contributed by atoms with Gasteiger partial charge in [0.05, 0.1) is 35.1 Å². The molecule has 1 amide bonds. The van der Waals surface area contributed by atoms with Crippen LogP contribution in [0, 0.1) is 0 Å². The Morgan fingerprint density at radius 1 is 1.15 bits per heavy atom. The molecule has 1 aliphatic heterocycles. The van der Waals surface area contributed by atoms with Gasteiger partial charge in [0.1, 0.15) is 5.00 Å². The van der Waals surface area contributed by atoms with Gasteiger partial charge in [-0.25, -0.2) is 9.78 Å². The van der Waals surface area contributed by atoms with Crippen molar-refractivity contribution in [3.8, 4) is 0 Å². The Bertz CT molecular complexity index is 1480. The minimum absolute atomic E-state index is 0.180. The first-order valence-electron chi connectivity index (χ1n) is 13.5. The molecule has 0 unspecified atom stereocenters. The summed E-state index contributed by atoms with van der Waals surface area (Å²) in [5, 5.41) is 3.95. The lowest BCUT2D eigenvalue weighted by molar-refractivity contribution is -0.115. The Hall–Kier alpha value is -3.18. The third kappa shape index (κ3) is 6.25. The Kier molecular flexibility index (Phi) is 9.21. The summed E-state index contributed by atoms with van der Waals surface area (Å²) in [7, 11) is 1.67. The molecule has 1 atom stereocenters. The first kappa shape index (κ1) is 28.4. The molecule has 0 spiro atoms. The summed E-state index contributed by atoms with van der Waals surface area (Å²) in [6, 6.07) is 18.3. The van der Waals surface area contributed by atoms with E-state index in [2.05, 4.69) is 26.9 Å². The van der Waals surface area contributed by atoms with Crippen molar-refractivity contribution in [3.05, 3.63) is 76.2 Å². The molecule has 0 bridgehead atoms. The number of hydrogen-bond acceptors (Lipinski definition) is 8. The maximum atomic E-state index is 13.5. The third-order valence-corrected chi connectivity index (χ3v) is 9.11. The summed E-state index contributed by atoms with van der Waals surface area (Å²) in [6.07, 6.45) is 0.733. The van der Waals surface area contributed by atoms with Crippen LogP contribution in [-0.2, 0) is 40.3 Å². The molecule has 1 aliphatic rings. The van der Waals surface area contributed by atoms with Crippen molar-refractivity contribution < 1.29 is 19.1 Å². The summed E-state index contributed by atoms with van der Waals surface area (Å²) in [5.74, 6) is -0.561. The number of hydrogen-bond donors (Lipinski definition) is 1. The number of nitrogens with zero attached hydrogens (tertiary/aromatic N) is 3. The molecule has 0 aliphatic carbocycles. The molecule has 5 rings (SSSR count). The SMILES string of the molecule is CCOC(=O)c1c(NC(=O)[C@H](C)Sc2nc3ccccc3n2CCOC)sc2c1CCN(Cc1ccccc1)C2. The van der Waals surface area contributed by atoms with Crippen molar-refractivity contribution in [2.24, 2.45) is 0 Å². The number of thiophene rings is 1. The summed E-state index contributed by atoms with van der Waals surface area (Å²) in [5.41, 5.74) is 4.63. The van der Waals surface area contributed by atoms with Gasteiger partial charge in [0.15, 0.2) is 5.16 Å². The maximum absolute atomic E-state index is 13.5. The number of anilines is 1. The lowest BCUT2D eigenvalue weighted by atomic mass is 10.0. The molecular weight excluding hydrogens is 544 g/mol. The van der Waals surface area contributed by atoms with Gasteiger partial charge in [-0.15, -0.1) is 11.3 Å². The molecule has 8 nitrogen and oxygen atoms in total. The van der Waals surface area contributed by atoms with Gasteiger partial charge in [0.25, 0.3) is 0 Å². The summed E-state index contributed by atoms with van der Waals surface area (Å²) in [4.78, 5) is 34.8. The number of rotatable bonds is 11. The lowest BCUT2D eigenvalue weighted by Gasteiger charge is -2.27. The van der Waals surface area contributed by atoms with Gasteiger partial charge in [-0.1, -0.05) is 54.2 Å². The van der Waals surface area contributed by atoms with E-state index in [1.165, 1.54) is 28.7 Å². The van der Waals surface area contributed by atoms with Gasteiger partial charge in [-0.05, 0) is 43.5 Å². The first-order valence-corrected chi connectivity index (χ1v) is 15.2. The number of nitrogens with one attached hydrogen (secondary N) is 1. The molecule has 4 aromatic rings. The summed E-state index contributed by atoms with van der Waals surface area (Å²) < 4.78 is 12.8. The number of aromatic nitrogens is 2. The number of amides is 1. The standard InChI is InChI=1S/C30H34N4O4S2/c1-4-38-29(36)26-22-14-15-33(18-21-10-6-5-7-11-21)19-25(22)40-28(26)32-27(35)20(2)39-30-31-23-12-8-9-13-24(23)34(30)16-17-37-3/h5-13,20H,4,14-19H2,1-3H3,(H,32,35)/t20-/m0/s1. The van der Waals surface area contributed by atoms with Crippen LogP contribution in [0.3, 0.4) is 0 Å². The van der Waals surface area contributed by atoms with Crippen LogP contribution in [-0.4, -0.2) is 58.4 Å². The zero-order valence-electron chi connectivity index (χ0n) is 23.0. The largest absolute Gasteiger partial charge is 0.462 e. The second-order valence-electron chi connectivity index (χ2n) is 9.65. The Labute approximate surface area is 242 Å². The number of thioether (sulfide) groups is 1. The van der Waals surface area contributed by atoms with E-state index in [-0.39, 0.29) is 18.5 Å². The molecule has 0 radical (unpaired) electrons.